The number of rotatable bonds is 5. The molecule has 1 aromatic carbocycles. The fourth-order valence-electron chi connectivity index (χ4n) is 2.75. The van der Waals surface area contributed by atoms with Crippen molar-refractivity contribution in [2.75, 3.05) is 12.9 Å². The minimum absolute atomic E-state index is 0.146. The van der Waals surface area contributed by atoms with E-state index in [0.717, 1.165) is 24.2 Å². The highest BCUT2D eigenvalue weighted by Gasteiger charge is 2.21. The molecule has 2 rings (SSSR count). The first kappa shape index (κ1) is 14.4. The van der Waals surface area contributed by atoms with Crippen LogP contribution in [0, 0.1) is 5.92 Å². The standard InChI is InChI=1S/C15H22O3S/c1-18-15-9-7-14(8-10-15)12-19(16,17)11-13-5-3-2-4-6-13/h7-10,13H,2-6,11-12H2,1H3. The molecule has 3 nitrogen and oxygen atoms in total. The molecule has 4 heteroatoms. The number of ether oxygens (including phenoxy) is 1. The molecule has 1 aliphatic carbocycles. The first-order valence-corrected chi connectivity index (χ1v) is 8.74. The Bertz CT molecular complexity index is 485. The van der Waals surface area contributed by atoms with Gasteiger partial charge >= 0.3 is 0 Å². The molecule has 0 aromatic heterocycles. The second-order valence-corrected chi connectivity index (χ2v) is 7.52. The Morgan fingerprint density at radius 3 is 2.32 bits per heavy atom. The van der Waals surface area contributed by atoms with Crippen LogP contribution in [0.5, 0.6) is 5.75 Å². The molecule has 0 spiro atoms. The molecule has 1 aromatic rings. The van der Waals surface area contributed by atoms with Crippen LogP contribution in [-0.4, -0.2) is 21.3 Å². The van der Waals surface area contributed by atoms with Crippen LogP contribution in [-0.2, 0) is 15.6 Å². The van der Waals surface area contributed by atoms with Gasteiger partial charge in [0.2, 0.25) is 0 Å². The van der Waals surface area contributed by atoms with Crippen molar-refractivity contribution in [3.63, 3.8) is 0 Å². The minimum atomic E-state index is -2.99. The average Bonchev–Trinajstić information content (AvgIpc) is 2.39. The molecule has 0 aliphatic heterocycles. The van der Waals surface area contributed by atoms with Crippen molar-refractivity contribution in [1.29, 1.82) is 0 Å². The van der Waals surface area contributed by atoms with Gasteiger partial charge in [0.15, 0.2) is 9.84 Å². The number of methoxy groups -OCH3 is 1. The first-order valence-electron chi connectivity index (χ1n) is 6.92. The molecular formula is C15H22O3S. The van der Waals surface area contributed by atoms with Crippen LogP contribution in [0.15, 0.2) is 24.3 Å². The Balaban J connectivity index is 1.95. The van der Waals surface area contributed by atoms with Gasteiger partial charge in [-0.05, 0) is 36.5 Å². The Labute approximate surface area is 115 Å². The second kappa shape index (κ2) is 6.42. The minimum Gasteiger partial charge on any atom is -0.497 e. The summed E-state index contributed by atoms with van der Waals surface area (Å²) < 4.78 is 29.5. The molecule has 1 saturated carbocycles. The summed E-state index contributed by atoms with van der Waals surface area (Å²) in [4.78, 5) is 0. The lowest BCUT2D eigenvalue weighted by atomic mass is 9.91. The van der Waals surface area contributed by atoms with Crippen molar-refractivity contribution in [3.05, 3.63) is 29.8 Å². The SMILES string of the molecule is COc1ccc(CS(=O)(=O)CC2CCCCC2)cc1. The van der Waals surface area contributed by atoms with E-state index in [0.29, 0.717) is 11.7 Å². The molecule has 1 fully saturated rings. The molecule has 0 heterocycles. The molecule has 0 atom stereocenters. The molecule has 0 N–H and O–H groups in total. The van der Waals surface area contributed by atoms with E-state index in [-0.39, 0.29) is 5.75 Å². The van der Waals surface area contributed by atoms with Gasteiger partial charge in [0.1, 0.15) is 5.75 Å². The Morgan fingerprint density at radius 2 is 1.74 bits per heavy atom. The van der Waals surface area contributed by atoms with Crippen molar-refractivity contribution in [1.82, 2.24) is 0 Å². The van der Waals surface area contributed by atoms with Crippen molar-refractivity contribution in [2.24, 2.45) is 5.92 Å². The normalized spacial score (nSPS) is 17.3. The molecule has 19 heavy (non-hydrogen) atoms. The van der Waals surface area contributed by atoms with E-state index in [9.17, 15) is 8.42 Å². The third-order valence-electron chi connectivity index (χ3n) is 3.76. The van der Waals surface area contributed by atoms with Crippen LogP contribution in [0.2, 0.25) is 0 Å². The van der Waals surface area contributed by atoms with Crippen LogP contribution in [0.3, 0.4) is 0 Å². The maximum atomic E-state index is 12.2. The number of hydrogen-bond acceptors (Lipinski definition) is 3. The summed E-state index contributed by atoms with van der Waals surface area (Å²) in [6.07, 6.45) is 5.77. The summed E-state index contributed by atoms with van der Waals surface area (Å²) >= 11 is 0. The van der Waals surface area contributed by atoms with E-state index in [1.165, 1.54) is 19.3 Å². The van der Waals surface area contributed by atoms with Crippen LogP contribution < -0.4 is 4.74 Å². The topological polar surface area (TPSA) is 43.4 Å². The Kier molecular flexibility index (Phi) is 4.86. The molecule has 1 aliphatic rings. The van der Waals surface area contributed by atoms with Crippen molar-refractivity contribution < 1.29 is 13.2 Å². The lowest BCUT2D eigenvalue weighted by Gasteiger charge is -2.21. The van der Waals surface area contributed by atoms with Gasteiger partial charge in [-0.3, -0.25) is 0 Å². The van der Waals surface area contributed by atoms with Gasteiger partial charge in [0.05, 0.1) is 18.6 Å². The fraction of sp³-hybridized carbons (Fsp3) is 0.600. The van der Waals surface area contributed by atoms with Gasteiger partial charge in [-0.1, -0.05) is 31.4 Å². The van der Waals surface area contributed by atoms with Crippen molar-refractivity contribution in [2.45, 2.75) is 37.9 Å². The summed E-state index contributed by atoms with van der Waals surface area (Å²) in [6.45, 7) is 0. The average molecular weight is 282 g/mol. The van der Waals surface area contributed by atoms with Gasteiger partial charge in [0.25, 0.3) is 0 Å². The molecule has 0 bridgehead atoms. The highest BCUT2D eigenvalue weighted by atomic mass is 32.2. The zero-order valence-electron chi connectivity index (χ0n) is 11.5. The summed E-state index contributed by atoms with van der Waals surface area (Å²) in [5.41, 5.74) is 0.844. The zero-order valence-corrected chi connectivity index (χ0v) is 12.3. The smallest absolute Gasteiger partial charge is 0.154 e. The Morgan fingerprint density at radius 1 is 1.11 bits per heavy atom. The second-order valence-electron chi connectivity index (χ2n) is 5.41. The summed E-state index contributed by atoms with van der Waals surface area (Å²) in [6, 6.07) is 7.28. The lowest BCUT2D eigenvalue weighted by Crippen LogP contribution is -2.20. The van der Waals surface area contributed by atoms with Crippen molar-refractivity contribution >= 4 is 9.84 Å². The molecule has 106 valence electrons. The summed E-state index contributed by atoms with van der Waals surface area (Å²) in [5, 5.41) is 0. The van der Waals surface area contributed by atoms with E-state index in [1.807, 2.05) is 24.3 Å². The molecular weight excluding hydrogens is 260 g/mol. The summed E-state index contributed by atoms with van der Waals surface area (Å²) in [5.74, 6) is 1.62. The van der Waals surface area contributed by atoms with Gasteiger partial charge in [-0.2, -0.15) is 0 Å². The molecule has 0 saturated heterocycles. The quantitative estimate of drug-likeness (QED) is 0.833. The van der Waals surface area contributed by atoms with Gasteiger partial charge in [-0.25, -0.2) is 8.42 Å². The predicted octanol–water partition coefficient (Wildman–Crippen LogP) is 3.19. The molecule has 0 radical (unpaired) electrons. The number of hydrogen-bond donors (Lipinski definition) is 0. The maximum absolute atomic E-state index is 12.2. The van der Waals surface area contributed by atoms with Gasteiger partial charge < -0.3 is 4.74 Å². The van der Waals surface area contributed by atoms with Gasteiger partial charge in [-0.15, -0.1) is 0 Å². The largest absolute Gasteiger partial charge is 0.497 e. The molecule has 0 unspecified atom stereocenters. The fourth-order valence-corrected chi connectivity index (χ4v) is 4.62. The van der Waals surface area contributed by atoms with Crippen LogP contribution >= 0.6 is 0 Å². The highest BCUT2D eigenvalue weighted by Crippen LogP contribution is 2.26. The highest BCUT2D eigenvalue weighted by molar-refractivity contribution is 7.90. The summed E-state index contributed by atoms with van der Waals surface area (Å²) in [7, 11) is -1.39. The maximum Gasteiger partial charge on any atom is 0.154 e. The number of benzene rings is 1. The Hall–Kier alpha value is -1.03. The predicted molar refractivity (Wildman–Crippen MR) is 77.1 cm³/mol. The third-order valence-corrected chi connectivity index (χ3v) is 5.51. The number of sulfone groups is 1. The van der Waals surface area contributed by atoms with Gasteiger partial charge in [0, 0.05) is 0 Å². The van der Waals surface area contributed by atoms with E-state index in [1.54, 1.807) is 7.11 Å². The van der Waals surface area contributed by atoms with Crippen molar-refractivity contribution in [3.8, 4) is 5.75 Å². The van der Waals surface area contributed by atoms with Crippen LogP contribution in [0.25, 0.3) is 0 Å². The molecule has 0 amide bonds. The third kappa shape index (κ3) is 4.53. The van der Waals surface area contributed by atoms with Crippen LogP contribution in [0.1, 0.15) is 37.7 Å². The first-order chi connectivity index (χ1) is 9.09. The van der Waals surface area contributed by atoms with E-state index in [4.69, 9.17) is 4.74 Å². The monoisotopic (exact) mass is 282 g/mol. The zero-order chi connectivity index (χ0) is 13.7. The van der Waals surface area contributed by atoms with E-state index < -0.39 is 9.84 Å². The van der Waals surface area contributed by atoms with E-state index in [2.05, 4.69) is 0 Å². The van der Waals surface area contributed by atoms with E-state index >= 15 is 0 Å². The van der Waals surface area contributed by atoms with Crippen LogP contribution in [0.4, 0.5) is 0 Å². The lowest BCUT2D eigenvalue weighted by molar-refractivity contribution is 0.385.